The number of aliphatic imine (C=N–C) groups is 1. The summed E-state index contributed by atoms with van der Waals surface area (Å²) in [5.74, 6) is -3.15. The number of nitro benzene ring substituents is 1. The number of hydrogen-bond acceptors (Lipinski definition) is 9. The smallest absolute Gasteiger partial charge is 0.336 e. The Labute approximate surface area is 220 Å². The van der Waals surface area contributed by atoms with Crippen molar-refractivity contribution in [2.45, 2.75) is 65.2 Å². The second-order valence-corrected chi connectivity index (χ2v) is 10.0. The van der Waals surface area contributed by atoms with Crippen molar-refractivity contribution in [2.24, 2.45) is 10.9 Å². The number of nitro groups is 1. The van der Waals surface area contributed by atoms with E-state index in [1.165, 1.54) is 18.2 Å². The lowest BCUT2D eigenvalue weighted by molar-refractivity contribution is -0.385. The van der Waals surface area contributed by atoms with Gasteiger partial charge in [-0.1, -0.05) is 37.5 Å². The van der Waals surface area contributed by atoms with E-state index in [4.69, 9.17) is 9.47 Å². The van der Waals surface area contributed by atoms with E-state index in [9.17, 15) is 19.7 Å². The lowest BCUT2D eigenvalue weighted by Gasteiger charge is -2.31. The van der Waals surface area contributed by atoms with Gasteiger partial charge in [0.25, 0.3) is 5.69 Å². The van der Waals surface area contributed by atoms with E-state index in [0.29, 0.717) is 17.8 Å². The van der Waals surface area contributed by atoms with Gasteiger partial charge in [0.1, 0.15) is 5.92 Å². The zero-order valence-electron chi connectivity index (χ0n) is 21.7. The van der Waals surface area contributed by atoms with Crippen molar-refractivity contribution in [3.63, 3.8) is 0 Å². The number of aryl methyl sites for hydroxylation is 2. The predicted molar refractivity (Wildman–Crippen MR) is 142 cm³/mol. The van der Waals surface area contributed by atoms with E-state index in [0.717, 1.165) is 37.8 Å². The second kappa shape index (κ2) is 13.2. The maximum Gasteiger partial charge on any atom is 0.336 e. The molecule has 0 aliphatic carbocycles. The highest BCUT2D eigenvalue weighted by Crippen LogP contribution is 2.43. The summed E-state index contributed by atoms with van der Waals surface area (Å²) in [5, 5.41) is 15.0. The van der Waals surface area contributed by atoms with E-state index < -0.39 is 28.7 Å². The highest BCUT2D eigenvalue weighted by atomic mass is 32.1. The number of thiazole rings is 1. The Morgan fingerprint density at radius 2 is 1.78 bits per heavy atom. The number of carbonyl (C=O) groups excluding carboxylic acids is 2. The zero-order valence-corrected chi connectivity index (χ0v) is 22.5. The van der Waals surface area contributed by atoms with Crippen LogP contribution in [-0.2, 0) is 25.5 Å². The van der Waals surface area contributed by atoms with Gasteiger partial charge in [0.05, 0.1) is 29.2 Å². The zero-order chi connectivity index (χ0) is 26.9. The summed E-state index contributed by atoms with van der Waals surface area (Å²) < 4.78 is 10.6. The van der Waals surface area contributed by atoms with Crippen molar-refractivity contribution in [2.75, 3.05) is 13.7 Å². The molecule has 0 amide bonds. The third-order valence-corrected chi connectivity index (χ3v) is 7.43. The van der Waals surface area contributed by atoms with Crippen molar-refractivity contribution in [1.82, 2.24) is 4.98 Å². The minimum atomic E-state index is -0.973. The molecule has 2 unspecified atom stereocenters. The van der Waals surface area contributed by atoms with Crippen LogP contribution < -0.4 is 0 Å². The average molecular weight is 528 g/mol. The number of hydrogen-bond donors (Lipinski definition) is 0. The first-order valence-corrected chi connectivity index (χ1v) is 13.3. The molecule has 1 aliphatic rings. The number of ether oxygens (including phenoxy) is 2. The molecule has 0 radical (unpaired) electrons. The predicted octanol–water partition coefficient (Wildman–Crippen LogP) is 5.72. The largest absolute Gasteiger partial charge is 0.468 e. The summed E-state index contributed by atoms with van der Waals surface area (Å²) in [5.41, 5.74) is 2.09. The topological polar surface area (TPSA) is 121 Å². The molecule has 9 nitrogen and oxygen atoms in total. The minimum absolute atomic E-state index is 0.147. The monoisotopic (exact) mass is 527 g/mol. The number of methoxy groups -OCH3 is 1. The highest BCUT2D eigenvalue weighted by Gasteiger charge is 2.44. The van der Waals surface area contributed by atoms with Crippen LogP contribution in [0.1, 0.15) is 68.1 Å². The maximum atomic E-state index is 13.3. The molecule has 3 rings (SSSR count). The molecular weight excluding hydrogens is 494 g/mol. The van der Waals surface area contributed by atoms with Crippen LogP contribution in [0.25, 0.3) is 0 Å². The maximum absolute atomic E-state index is 13.3. The Kier molecular flexibility index (Phi) is 10.1. The van der Waals surface area contributed by atoms with E-state index in [2.05, 4.69) is 15.4 Å². The third-order valence-electron chi connectivity index (χ3n) is 6.41. The van der Waals surface area contributed by atoms with Crippen LogP contribution in [0.4, 0.5) is 5.69 Å². The number of allylic oxidation sites excluding steroid dienone is 1. The van der Waals surface area contributed by atoms with Crippen molar-refractivity contribution >= 4 is 34.7 Å². The molecule has 198 valence electrons. The van der Waals surface area contributed by atoms with Crippen LogP contribution in [-0.4, -0.2) is 41.3 Å². The van der Waals surface area contributed by atoms with Gasteiger partial charge in [-0.15, -0.1) is 11.3 Å². The number of unbranched alkanes of at least 4 members (excludes halogenated alkanes) is 4. The van der Waals surface area contributed by atoms with Crippen LogP contribution in [0.5, 0.6) is 0 Å². The molecule has 0 saturated heterocycles. The van der Waals surface area contributed by atoms with E-state index >= 15 is 0 Å². The number of benzene rings is 1. The van der Waals surface area contributed by atoms with Crippen LogP contribution >= 0.6 is 11.3 Å². The molecule has 2 aromatic rings. The normalized spacial score (nSPS) is 17.4. The lowest BCUT2D eigenvalue weighted by atomic mass is 9.75. The third kappa shape index (κ3) is 7.09. The van der Waals surface area contributed by atoms with E-state index in [1.807, 2.05) is 6.92 Å². The minimum Gasteiger partial charge on any atom is -0.468 e. The summed E-state index contributed by atoms with van der Waals surface area (Å²) in [4.78, 5) is 46.1. The summed E-state index contributed by atoms with van der Waals surface area (Å²) in [6.45, 7) is 5.53. The summed E-state index contributed by atoms with van der Waals surface area (Å²) in [6.07, 6.45) is 5.77. The molecule has 37 heavy (non-hydrogen) atoms. The molecule has 10 heteroatoms. The Morgan fingerprint density at radius 1 is 1.08 bits per heavy atom. The Morgan fingerprint density at radius 3 is 2.46 bits per heavy atom. The molecule has 2 atom stereocenters. The number of rotatable bonds is 12. The summed E-state index contributed by atoms with van der Waals surface area (Å²) >= 11 is 1.69. The van der Waals surface area contributed by atoms with Gasteiger partial charge < -0.3 is 9.47 Å². The van der Waals surface area contributed by atoms with Gasteiger partial charge in [-0.3, -0.25) is 19.9 Å². The van der Waals surface area contributed by atoms with Crippen LogP contribution in [0.3, 0.4) is 0 Å². The van der Waals surface area contributed by atoms with Gasteiger partial charge >= 0.3 is 11.9 Å². The fourth-order valence-corrected chi connectivity index (χ4v) is 5.47. The molecule has 2 heterocycles. The molecule has 0 bridgehead atoms. The first-order chi connectivity index (χ1) is 17.7. The molecular formula is C27H33N3O6S. The molecule has 1 aliphatic heterocycles. The van der Waals surface area contributed by atoms with Gasteiger partial charge in [-0.2, -0.15) is 0 Å². The highest BCUT2D eigenvalue weighted by molar-refractivity contribution is 7.09. The Hall–Kier alpha value is -3.40. The molecule has 0 N–H and O–H groups in total. The van der Waals surface area contributed by atoms with Crippen LogP contribution in [0.2, 0.25) is 0 Å². The summed E-state index contributed by atoms with van der Waals surface area (Å²) in [7, 11) is 1.24. The Balaban J connectivity index is 1.66. The quantitative estimate of drug-likeness (QED) is 0.150. The van der Waals surface area contributed by atoms with Crippen molar-refractivity contribution < 1.29 is 24.0 Å². The molecule has 0 spiro atoms. The van der Waals surface area contributed by atoms with Gasteiger partial charge in [-0.05, 0) is 40.0 Å². The number of aromatic nitrogens is 1. The number of carbonyl (C=O) groups is 2. The average Bonchev–Trinajstić information content (AvgIpc) is 3.29. The number of para-hydroxylation sites is 1. The number of nitrogens with zero attached hydrogens (tertiary/aromatic N) is 3. The molecule has 0 fully saturated rings. The van der Waals surface area contributed by atoms with Crippen LogP contribution in [0, 0.1) is 23.0 Å². The van der Waals surface area contributed by atoms with Gasteiger partial charge in [-0.25, -0.2) is 9.78 Å². The van der Waals surface area contributed by atoms with E-state index in [-0.39, 0.29) is 23.4 Å². The first-order valence-electron chi connectivity index (χ1n) is 12.4. The van der Waals surface area contributed by atoms with Crippen molar-refractivity contribution in [3.05, 3.63) is 67.3 Å². The van der Waals surface area contributed by atoms with Gasteiger partial charge in [0, 0.05) is 40.0 Å². The SMILES string of the molecule is COC(=O)C1C(C)=NC(C)=C(C(=O)OCCCCCCCc2nc(C)cs2)C1c1ccccc1[N+](=O)[O-]. The van der Waals surface area contributed by atoms with Gasteiger partial charge in [0.15, 0.2) is 0 Å². The van der Waals surface area contributed by atoms with Crippen molar-refractivity contribution in [3.8, 4) is 0 Å². The first kappa shape index (κ1) is 28.2. The fraction of sp³-hybridized carbons (Fsp3) is 0.481. The summed E-state index contributed by atoms with van der Waals surface area (Å²) in [6, 6.07) is 6.11. The van der Waals surface area contributed by atoms with E-state index in [1.54, 1.807) is 43.4 Å². The molecule has 0 saturated carbocycles. The fourth-order valence-electron chi connectivity index (χ4n) is 4.66. The Bertz CT molecular complexity index is 1200. The molecule has 1 aromatic carbocycles. The number of esters is 2. The lowest BCUT2D eigenvalue weighted by Crippen LogP contribution is -2.36. The van der Waals surface area contributed by atoms with Gasteiger partial charge in [0.2, 0.25) is 0 Å². The second-order valence-electron chi connectivity index (χ2n) is 9.08. The molecule has 1 aromatic heterocycles. The van der Waals surface area contributed by atoms with Crippen molar-refractivity contribution in [1.29, 1.82) is 0 Å². The standard InChI is InChI=1S/C27H33N3O6S/c1-17-16-37-22(28-17)14-8-6-5-7-11-15-36-27(32)24-19(3)29-18(2)23(26(31)35-4)25(24)20-12-9-10-13-21(20)30(33)34/h9-10,12-13,16,23,25H,5-8,11,14-15H2,1-4H3. The van der Waals surface area contributed by atoms with Crippen LogP contribution in [0.15, 0.2) is 45.9 Å².